The van der Waals surface area contributed by atoms with Gasteiger partial charge in [0, 0.05) is 6.61 Å². The molecule has 2 heteroatoms. The third kappa shape index (κ3) is 4.33. The molecular formula is C19H24O2. The fourth-order valence-corrected chi connectivity index (χ4v) is 2.12. The van der Waals surface area contributed by atoms with Gasteiger partial charge < -0.3 is 9.84 Å². The lowest BCUT2D eigenvalue weighted by atomic mass is 10.0. The maximum Gasteiger partial charge on any atom is 0.115 e. The number of ether oxygens (including phenoxy) is 1. The summed E-state index contributed by atoms with van der Waals surface area (Å²) in [5.41, 5.74) is 3.45. The standard InChI is InChI=1S/C19H24O2/c1-4-14(2)13-21-15(3)16-5-7-17(8-6-16)18-9-11-19(20)12-10-18/h5-12,14-15,20H,4,13H2,1-3H3/t14-,15?/m0/s1. The predicted octanol–water partition coefficient (Wildman–Crippen LogP) is 5.18. The molecule has 2 aromatic rings. The molecular weight excluding hydrogens is 260 g/mol. The van der Waals surface area contributed by atoms with Gasteiger partial charge in [0.2, 0.25) is 0 Å². The van der Waals surface area contributed by atoms with Gasteiger partial charge in [0.25, 0.3) is 0 Å². The van der Waals surface area contributed by atoms with Crippen molar-refractivity contribution in [2.45, 2.75) is 33.3 Å². The second kappa shape index (κ2) is 7.28. The molecule has 0 saturated carbocycles. The molecule has 0 saturated heterocycles. The monoisotopic (exact) mass is 284 g/mol. The number of aromatic hydroxyl groups is 1. The van der Waals surface area contributed by atoms with Crippen LogP contribution in [0.25, 0.3) is 11.1 Å². The first-order chi connectivity index (χ1) is 10.1. The van der Waals surface area contributed by atoms with Crippen molar-refractivity contribution in [3.05, 3.63) is 54.1 Å². The summed E-state index contributed by atoms with van der Waals surface area (Å²) in [6.45, 7) is 7.29. The summed E-state index contributed by atoms with van der Waals surface area (Å²) in [5.74, 6) is 0.895. The van der Waals surface area contributed by atoms with E-state index in [0.717, 1.165) is 24.2 Å². The van der Waals surface area contributed by atoms with E-state index in [2.05, 4.69) is 45.0 Å². The Morgan fingerprint density at radius 1 is 0.905 bits per heavy atom. The molecule has 0 spiro atoms. The van der Waals surface area contributed by atoms with E-state index in [0.29, 0.717) is 11.7 Å². The molecule has 2 nitrogen and oxygen atoms in total. The minimum atomic E-state index is 0.118. The molecule has 1 unspecified atom stereocenters. The van der Waals surface area contributed by atoms with Crippen LogP contribution in [0.2, 0.25) is 0 Å². The Kier molecular flexibility index (Phi) is 5.40. The molecule has 0 aliphatic heterocycles. The topological polar surface area (TPSA) is 29.5 Å². The van der Waals surface area contributed by atoms with Gasteiger partial charge in [-0.2, -0.15) is 0 Å². The second-order valence-electron chi connectivity index (χ2n) is 5.66. The van der Waals surface area contributed by atoms with E-state index in [1.807, 2.05) is 12.1 Å². The summed E-state index contributed by atoms with van der Waals surface area (Å²) in [6, 6.07) is 15.7. The molecule has 0 aliphatic carbocycles. The van der Waals surface area contributed by atoms with Crippen LogP contribution in [0.4, 0.5) is 0 Å². The molecule has 0 aliphatic rings. The van der Waals surface area contributed by atoms with E-state index < -0.39 is 0 Å². The van der Waals surface area contributed by atoms with Gasteiger partial charge in [0.05, 0.1) is 6.10 Å². The highest BCUT2D eigenvalue weighted by atomic mass is 16.5. The van der Waals surface area contributed by atoms with E-state index in [4.69, 9.17) is 4.74 Å². The lowest BCUT2D eigenvalue weighted by molar-refractivity contribution is 0.0424. The van der Waals surface area contributed by atoms with E-state index in [1.165, 1.54) is 5.56 Å². The van der Waals surface area contributed by atoms with Crippen molar-refractivity contribution >= 4 is 0 Å². The van der Waals surface area contributed by atoms with Crippen molar-refractivity contribution in [2.24, 2.45) is 5.92 Å². The molecule has 1 N–H and O–H groups in total. The number of phenols is 1. The highest BCUT2D eigenvalue weighted by molar-refractivity contribution is 5.64. The quantitative estimate of drug-likeness (QED) is 0.791. The zero-order chi connectivity index (χ0) is 15.2. The Morgan fingerprint density at radius 2 is 1.43 bits per heavy atom. The first-order valence-electron chi connectivity index (χ1n) is 7.61. The second-order valence-corrected chi connectivity index (χ2v) is 5.66. The normalized spacial score (nSPS) is 13.9. The molecule has 2 atom stereocenters. The average Bonchev–Trinajstić information content (AvgIpc) is 2.53. The van der Waals surface area contributed by atoms with E-state index >= 15 is 0 Å². The van der Waals surface area contributed by atoms with Gasteiger partial charge in [-0.25, -0.2) is 0 Å². The number of benzene rings is 2. The summed E-state index contributed by atoms with van der Waals surface area (Å²) in [5, 5.41) is 9.33. The first-order valence-corrected chi connectivity index (χ1v) is 7.61. The van der Waals surface area contributed by atoms with Crippen LogP contribution < -0.4 is 0 Å². The minimum absolute atomic E-state index is 0.118. The van der Waals surface area contributed by atoms with Gasteiger partial charge in [-0.05, 0) is 41.7 Å². The molecule has 2 rings (SSSR count). The molecule has 0 bridgehead atoms. The summed E-state index contributed by atoms with van der Waals surface area (Å²) in [7, 11) is 0. The zero-order valence-electron chi connectivity index (χ0n) is 13.0. The third-order valence-corrected chi connectivity index (χ3v) is 3.91. The summed E-state index contributed by atoms with van der Waals surface area (Å²) >= 11 is 0. The SMILES string of the molecule is CC[C@H](C)COC(C)c1ccc(-c2ccc(O)cc2)cc1. The molecule has 2 aromatic carbocycles. The molecule has 0 heterocycles. The van der Waals surface area contributed by atoms with E-state index in [1.54, 1.807) is 12.1 Å². The Bertz CT molecular complexity index is 543. The number of hydrogen-bond donors (Lipinski definition) is 1. The van der Waals surface area contributed by atoms with E-state index in [9.17, 15) is 5.11 Å². The molecule has 0 aromatic heterocycles. The third-order valence-electron chi connectivity index (χ3n) is 3.91. The summed E-state index contributed by atoms with van der Waals surface area (Å²) in [4.78, 5) is 0. The highest BCUT2D eigenvalue weighted by Crippen LogP contribution is 2.25. The van der Waals surface area contributed by atoms with Gasteiger partial charge in [0.15, 0.2) is 0 Å². The van der Waals surface area contributed by atoms with Gasteiger partial charge in [-0.15, -0.1) is 0 Å². The molecule has 21 heavy (non-hydrogen) atoms. The number of rotatable bonds is 6. The van der Waals surface area contributed by atoms with Crippen LogP contribution in [0.1, 0.15) is 38.9 Å². The fraction of sp³-hybridized carbons (Fsp3) is 0.368. The average molecular weight is 284 g/mol. The van der Waals surface area contributed by atoms with Crippen LogP contribution in [-0.4, -0.2) is 11.7 Å². The summed E-state index contributed by atoms with van der Waals surface area (Å²) in [6.07, 6.45) is 1.26. The van der Waals surface area contributed by atoms with Crippen LogP contribution in [0.5, 0.6) is 5.75 Å². The van der Waals surface area contributed by atoms with Crippen LogP contribution in [0.15, 0.2) is 48.5 Å². The fourth-order valence-electron chi connectivity index (χ4n) is 2.12. The Morgan fingerprint density at radius 3 is 1.95 bits per heavy atom. The maximum atomic E-state index is 9.33. The van der Waals surface area contributed by atoms with Crippen molar-refractivity contribution in [1.82, 2.24) is 0 Å². The van der Waals surface area contributed by atoms with Crippen LogP contribution in [0, 0.1) is 5.92 Å². The van der Waals surface area contributed by atoms with Crippen molar-refractivity contribution in [1.29, 1.82) is 0 Å². The molecule has 0 amide bonds. The maximum absolute atomic E-state index is 9.33. The lowest BCUT2D eigenvalue weighted by Crippen LogP contribution is -2.08. The summed E-state index contributed by atoms with van der Waals surface area (Å²) < 4.78 is 5.91. The van der Waals surface area contributed by atoms with E-state index in [-0.39, 0.29) is 6.10 Å². The molecule has 0 radical (unpaired) electrons. The van der Waals surface area contributed by atoms with Gasteiger partial charge in [-0.3, -0.25) is 0 Å². The Hall–Kier alpha value is -1.80. The first kappa shape index (κ1) is 15.6. The van der Waals surface area contributed by atoms with Crippen LogP contribution in [-0.2, 0) is 4.74 Å². The Labute approximate surface area is 127 Å². The predicted molar refractivity (Wildman–Crippen MR) is 87.4 cm³/mol. The van der Waals surface area contributed by atoms with Crippen molar-refractivity contribution in [3.8, 4) is 16.9 Å². The number of hydrogen-bond acceptors (Lipinski definition) is 2. The van der Waals surface area contributed by atoms with Crippen molar-refractivity contribution < 1.29 is 9.84 Å². The minimum Gasteiger partial charge on any atom is -0.508 e. The van der Waals surface area contributed by atoms with Gasteiger partial charge in [-0.1, -0.05) is 56.7 Å². The Balaban J connectivity index is 2.03. The van der Waals surface area contributed by atoms with Crippen LogP contribution >= 0.6 is 0 Å². The number of phenolic OH excluding ortho intramolecular Hbond substituents is 1. The molecule has 0 fully saturated rings. The van der Waals surface area contributed by atoms with Crippen LogP contribution in [0.3, 0.4) is 0 Å². The van der Waals surface area contributed by atoms with Gasteiger partial charge in [0.1, 0.15) is 5.75 Å². The highest BCUT2D eigenvalue weighted by Gasteiger charge is 2.08. The lowest BCUT2D eigenvalue weighted by Gasteiger charge is -2.16. The van der Waals surface area contributed by atoms with Gasteiger partial charge >= 0.3 is 0 Å². The largest absolute Gasteiger partial charge is 0.508 e. The van der Waals surface area contributed by atoms with Crippen molar-refractivity contribution in [3.63, 3.8) is 0 Å². The zero-order valence-corrected chi connectivity index (χ0v) is 13.0. The smallest absolute Gasteiger partial charge is 0.115 e. The van der Waals surface area contributed by atoms with Crippen molar-refractivity contribution in [2.75, 3.05) is 6.61 Å². The molecule has 112 valence electrons.